The molecule has 0 radical (unpaired) electrons. The molecular weight excluding hydrogens is 322 g/mol. The number of hydrogen-bond donors (Lipinski definition) is 1. The Hall–Kier alpha value is -2.77. The molecule has 0 spiro atoms. The predicted octanol–water partition coefficient (Wildman–Crippen LogP) is -0.352. The largest absolute Gasteiger partial charge is 0.356 e. The van der Waals surface area contributed by atoms with Crippen LogP contribution in [0.1, 0.15) is 24.1 Å². The molecule has 1 N–H and O–H groups in total. The smallest absolute Gasteiger partial charge is 0.266 e. The Bertz CT molecular complexity index is 886. The first-order valence-corrected chi connectivity index (χ1v) is 8.40. The number of amides is 1. The van der Waals surface area contributed by atoms with Crippen LogP contribution in [0, 0.1) is 5.92 Å². The second-order valence-electron chi connectivity index (χ2n) is 6.25. The molecule has 0 saturated heterocycles. The van der Waals surface area contributed by atoms with Crippen molar-refractivity contribution in [3.05, 3.63) is 56.4 Å². The fraction of sp³-hybridized carbons (Fsp3) is 0.471. The van der Waals surface area contributed by atoms with Crippen molar-refractivity contribution in [1.29, 1.82) is 0 Å². The summed E-state index contributed by atoms with van der Waals surface area (Å²) in [6.45, 7) is 0.952. The average Bonchev–Trinajstić information content (AvgIpc) is 2.60. The van der Waals surface area contributed by atoms with Crippen LogP contribution in [0.3, 0.4) is 0 Å². The number of carbonyl (C=O) groups is 1. The minimum absolute atomic E-state index is 0.0142. The summed E-state index contributed by atoms with van der Waals surface area (Å²) in [5.74, 6) is -0.154. The number of fused-ring (bicyclic) bond motifs is 1. The maximum absolute atomic E-state index is 12.3. The van der Waals surface area contributed by atoms with Gasteiger partial charge in [0.15, 0.2) is 0 Å². The summed E-state index contributed by atoms with van der Waals surface area (Å²) in [6.07, 6.45) is 4.17. The molecule has 0 bridgehead atoms. The van der Waals surface area contributed by atoms with Crippen LogP contribution >= 0.6 is 0 Å². The quantitative estimate of drug-likeness (QED) is 0.748. The van der Waals surface area contributed by atoms with Crippen molar-refractivity contribution >= 4 is 5.91 Å². The number of aryl methyl sites for hydroxylation is 3. The Labute approximate surface area is 144 Å². The molecule has 132 valence electrons. The molecule has 0 aliphatic heterocycles. The highest BCUT2D eigenvalue weighted by Crippen LogP contribution is 2.23. The van der Waals surface area contributed by atoms with Crippen molar-refractivity contribution < 1.29 is 4.79 Å². The topological polar surface area (TPSA) is 98.9 Å². The molecule has 1 aliphatic carbocycles. The van der Waals surface area contributed by atoms with Crippen molar-refractivity contribution in [3.8, 4) is 0 Å². The number of nitrogens with zero attached hydrogens (tertiary/aromatic N) is 4. The summed E-state index contributed by atoms with van der Waals surface area (Å²) in [5.41, 5.74) is 1.47. The average molecular weight is 343 g/mol. The van der Waals surface area contributed by atoms with Crippen molar-refractivity contribution in [3.63, 3.8) is 0 Å². The molecule has 2 aromatic rings. The van der Waals surface area contributed by atoms with Gasteiger partial charge in [-0.2, -0.15) is 10.2 Å². The van der Waals surface area contributed by atoms with Crippen LogP contribution in [0.25, 0.3) is 0 Å². The van der Waals surface area contributed by atoms with E-state index in [9.17, 15) is 14.4 Å². The molecular formula is C17H21N5O3. The lowest BCUT2D eigenvalue weighted by Gasteiger charge is -2.23. The van der Waals surface area contributed by atoms with E-state index in [1.807, 2.05) is 0 Å². The monoisotopic (exact) mass is 343 g/mol. The SMILES string of the molecule is Cn1nc2c(cc1=O)CC(C(=O)NCCCn1ncccc1=O)CC2. The van der Waals surface area contributed by atoms with Gasteiger partial charge in [-0.1, -0.05) is 0 Å². The normalized spacial score (nSPS) is 16.3. The van der Waals surface area contributed by atoms with E-state index in [1.54, 1.807) is 25.4 Å². The molecule has 3 rings (SSSR count). The summed E-state index contributed by atoms with van der Waals surface area (Å²) < 4.78 is 2.71. The number of aromatic nitrogens is 4. The first-order chi connectivity index (χ1) is 12.0. The standard InChI is InChI=1S/C17H21N5O3/c1-21-16(24)11-13-10-12(5-6-14(13)20-21)17(25)18-7-3-9-22-15(23)4-2-8-19-22/h2,4,8,11-12H,3,5-7,9-10H2,1H3,(H,18,25). The first kappa shape index (κ1) is 17.1. The molecule has 0 aromatic carbocycles. The predicted molar refractivity (Wildman–Crippen MR) is 91.1 cm³/mol. The Kier molecular flexibility index (Phi) is 5.06. The Morgan fingerprint density at radius 2 is 2.20 bits per heavy atom. The third-order valence-corrected chi connectivity index (χ3v) is 4.46. The summed E-state index contributed by atoms with van der Waals surface area (Å²) >= 11 is 0. The molecule has 1 unspecified atom stereocenters. The molecule has 25 heavy (non-hydrogen) atoms. The molecule has 1 aliphatic rings. The highest BCUT2D eigenvalue weighted by Gasteiger charge is 2.25. The molecule has 1 amide bonds. The number of hydrogen-bond acceptors (Lipinski definition) is 5. The van der Waals surface area contributed by atoms with Crippen LogP contribution < -0.4 is 16.4 Å². The lowest BCUT2D eigenvalue weighted by molar-refractivity contribution is -0.125. The minimum Gasteiger partial charge on any atom is -0.356 e. The van der Waals surface area contributed by atoms with Crippen LogP contribution in [-0.2, 0) is 31.2 Å². The van der Waals surface area contributed by atoms with E-state index in [0.717, 1.165) is 17.7 Å². The molecule has 0 fully saturated rings. The number of rotatable bonds is 5. The Morgan fingerprint density at radius 3 is 3.00 bits per heavy atom. The fourth-order valence-electron chi connectivity index (χ4n) is 3.05. The van der Waals surface area contributed by atoms with Gasteiger partial charge in [0.1, 0.15) is 0 Å². The van der Waals surface area contributed by atoms with E-state index in [0.29, 0.717) is 32.4 Å². The zero-order chi connectivity index (χ0) is 17.8. The summed E-state index contributed by atoms with van der Waals surface area (Å²) in [4.78, 5) is 35.6. The second-order valence-corrected chi connectivity index (χ2v) is 6.25. The molecule has 8 heteroatoms. The second kappa shape index (κ2) is 7.42. The van der Waals surface area contributed by atoms with Crippen molar-refractivity contribution in [2.75, 3.05) is 6.54 Å². The highest BCUT2D eigenvalue weighted by atomic mass is 16.2. The van der Waals surface area contributed by atoms with E-state index >= 15 is 0 Å². The number of nitrogens with one attached hydrogen (secondary N) is 1. The molecule has 8 nitrogen and oxygen atoms in total. The Balaban J connectivity index is 1.51. The third kappa shape index (κ3) is 4.01. The zero-order valence-electron chi connectivity index (χ0n) is 14.1. The number of carbonyl (C=O) groups excluding carboxylic acids is 1. The summed E-state index contributed by atoms with van der Waals surface area (Å²) in [7, 11) is 1.63. The van der Waals surface area contributed by atoms with Crippen LogP contribution in [-0.4, -0.2) is 32.0 Å². The van der Waals surface area contributed by atoms with Gasteiger partial charge in [-0.15, -0.1) is 0 Å². The lowest BCUT2D eigenvalue weighted by Crippen LogP contribution is -2.36. The maximum atomic E-state index is 12.3. The van der Waals surface area contributed by atoms with E-state index < -0.39 is 0 Å². The van der Waals surface area contributed by atoms with Crippen molar-refractivity contribution in [2.45, 2.75) is 32.2 Å². The molecule has 2 heterocycles. The third-order valence-electron chi connectivity index (χ3n) is 4.46. The van der Waals surface area contributed by atoms with E-state index in [4.69, 9.17) is 0 Å². The molecule has 0 saturated carbocycles. The first-order valence-electron chi connectivity index (χ1n) is 8.40. The summed E-state index contributed by atoms with van der Waals surface area (Å²) in [6, 6.07) is 4.64. The van der Waals surface area contributed by atoms with Gasteiger partial charge in [0.2, 0.25) is 5.91 Å². The van der Waals surface area contributed by atoms with Crippen LogP contribution in [0.15, 0.2) is 34.0 Å². The fourth-order valence-corrected chi connectivity index (χ4v) is 3.05. The van der Waals surface area contributed by atoms with Gasteiger partial charge in [-0.25, -0.2) is 9.36 Å². The van der Waals surface area contributed by atoms with Crippen LogP contribution in [0.5, 0.6) is 0 Å². The van der Waals surface area contributed by atoms with Crippen LogP contribution in [0.4, 0.5) is 0 Å². The van der Waals surface area contributed by atoms with Crippen molar-refractivity contribution in [2.24, 2.45) is 13.0 Å². The van der Waals surface area contributed by atoms with Gasteiger partial charge in [-0.3, -0.25) is 14.4 Å². The maximum Gasteiger partial charge on any atom is 0.266 e. The molecule has 2 aromatic heterocycles. The van der Waals surface area contributed by atoms with E-state index in [-0.39, 0.29) is 22.9 Å². The minimum atomic E-state index is -0.152. The van der Waals surface area contributed by atoms with Crippen molar-refractivity contribution in [1.82, 2.24) is 24.9 Å². The van der Waals surface area contributed by atoms with Gasteiger partial charge in [-0.05, 0) is 37.3 Å². The van der Waals surface area contributed by atoms with E-state index in [2.05, 4.69) is 15.5 Å². The van der Waals surface area contributed by atoms with E-state index in [1.165, 1.54) is 15.4 Å². The zero-order valence-corrected chi connectivity index (χ0v) is 14.1. The highest BCUT2D eigenvalue weighted by molar-refractivity contribution is 5.79. The summed E-state index contributed by atoms with van der Waals surface area (Å²) in [5, 5.41) is 11.1. The van der Waals surface area contributed by atoms with Gasteiger partial charge in [0.25, 0.3) is 11.1 Å². The van der Waals surface area contributed by atoms with Gasteiger partial charge in [0.05, 0.1) is 5.69 Å². The molecule has 1 atom stereocenters. The van der Waals surface area contributed by atoms with Gasteiger partial charge in [0, 0.05) is 44.4 Å². The van der Waals surface area contributed by atoms with Crippen LogP contribution in [0.2, 0.25) is 0 Å². The lowest BCUT2D eigenvalue weighted by atomic mass is 9.86. The van der Waals surface area contributed by atoms with Gasteiger partial charge < -0.3 is 5.32 Å². The Morgan fingerprint density at radius 1 is 1.36 bits per heavy atom. The van der Waals surface area contributed by atoms with Gasteiger partial charge >= 0.3 is 0 Å².